The first kappa shape index (κ1) is 13.1. The van der Waals surface area contributed by atoms with Crippen molar-refractivity contribution < 1.29 is 12.4 Å². The Morgan fingerprint density at radius 1 is 1.50 bits per heavy atom. The van der Waals surface area contributed by atoms with Gasteiger partial charge in [-0.2, -0.15) is 0 Å². The molecule has 0 unspecified atom stereocenters. The van der Waals surface area contributed by atoms with Crippen LogP contribution in [-0.2, 0) is 9.53 Å². The maximum atomic E-state index is 10.6. The molecule has 0 atom stereocenters. The molecule has 0 aromatic rings. The van der Waals surface area contributed by atoms with Gasteiger partial charge in [0.15, 0.2) is 0 Å². The summed E-state index contributed by atoms with van der Waals surface area (Å²) in [6.45, 7) is 6.43. The third-order valence-corrected chi connectivity index (χ3v) is 2.25. The Morgan fingerprint density at radius 2 is 1.90 bits per heavy atom. The smallest absolute Gasteiger partial charge is 1.00 e. The molecule has 0 N–H and O–H groups in total. The molecule has 0 spiro atoms. The Labute approximate surface area is 82.5 Å². The monoisotopic (exact) mass is 172 g/mol. The Hall–Kier alpha value is 0.453. The number of esters is 1. The standard InChI is InChI=1S/C6H14O2Si.Mg.2H/c1-8-6(7)5-9(2,3)4;;;/h5H2,1-4H3;;;/q;+2;2*-1. The van der Waals surface area contributed by atoms with Gasteiger partial charge in [0.25, 0.3) is 0 Å². The van der Waals surface area contributed by atoms with E-state index in [0.717, 1.165) is 0 Å². The minimum absolute atomic E-state index is 0. The first-order valence-electron chi connectivity index (χ1n) is 3.02. The predicted octanol–water partition coefficient (Wildman–Crippen LogP) is 1.34. The molecule has 0 aromatic carbocycles. The van der Waals surface area contributed by atoms with Gasteiger partial charge in [-0.05, 0) is 0 Å². The average Bonchev–Trinajstić information content (AvgIpc) is 1.62. The zero-order valence-electron chi connectivity index (χ0n) is 9.23. The molecule has 10 heavy (non-hydrogen) atoms. The molecule has 0 aliphatic rings. The quantitative estimate of drug-likeness (QED) is 0.464. The first-order valence-corrected chi connectivity index (χ1v) is 6.73. The summed E-state index contributed by atoms with van der Waals surface area (Å²) in [6, 6.07) is 0.628. The molecular formula is C6H16MgO2Si. The molecule has 0 fully saturated rings. The van der Waals surface area contributed by atoms with E-state index in [4.69, 9.17) is 0 Å². The predicted molar refractivity (Wildman–Crippen MR) is 48.1 cm³/mol. The van der Waals surface area contributed by atoms with E-state index < -0.39 is 8.07 Å². The number of ether oxygens (including phenoxy) is 1. The molecule has 0 aliphatic carbocycles. The Kier molecular flexibility index (Phi) is 6.73. The van der Waals surface area contributed by atoms with Crippen LogP contribution < -0.4 is 0 Å². The number of hydrogen-bond donors (Lipinski definition) is 0. The molecule has 0 amide bonds. The van der Waals surface area contributed by atoms with Crippen LogP contribution in [0, 0.1) is 0 Å². The van der Waals surface area contributed by atoms with E-state index in [0.29, 0.717) is 6.04 Å². The zero-order chi connectivity index (χ0) is 7.49. The van der Waals surface area contributed by atoms with E-state index in [9.17, 15) is 4.79 Å². The van der Waals surface area contributed by atoms with Crippen LogP contribution >= 0.6 is 0 Å². The number of methoxy groups -OCH3 is 1. The summed E-state index contributed by atoms with van der Waals surface area (Å²) in [5.74, 6) is -0.0748. The topological polar surface area (TPSA) is 26.3 Å². The van der Waals surface area contributed by atoms with E-state index in [1.54, 1.807) is 0 Å². The minimum atomic E-state index is -1.22. The minimum Gasteiger partial charge on any atom is -1.00 e. The van der Waals surface area contributed by atoms with Gasteiger partial charge in [-0.15, -0.1) is 0 Å². The fourth-order valence-electron chi connectivity index (χ4n) is 0.505. The van der Waals surface area contributed by atoms with Crippen LogP contribution in [0.4, 0.5) is 0 Å². The fraction of sp³-hybridized carbons (Fsp3) is 0.833. The fourth-order valence-corrected chi connectivity index (χ4v) is 1.52. The van der Waals surface area contributed by atoms with Crippen LogP contribution in [0.3, 0.4) is 0 Å². The second-order valence-corrected chi connectivity index (χ2v) is 8.79. The largest absolute Gasteiger partial charge is 2.00 e. The number of hydrogen-bond acceptors (Lipinski definition) is 2. The normalized spacial score (nSPS) is 10.0. The molecule has 0 heterocycles. The van der Waals surface area contributed by atoms with Crippen molar-refractivity contribution in [1.82, 2.24) is 0 Å². The third kappa shape index (κ3) is 8.45. The Balaban J connectivity index is -0.000000107. The molecule has 0 aliphatic heterocycles. The zero-order valence-corrected chi connectivity index (χ0v) is 9.64. The summed E-state index contributed by atoms with van der Waals surface area (Å²) < 4.78 is 4.52. The summed E-state index contributed by atoms with van der Waals surface area (Å²) in [4.78, 5) is 10.6. The van der Waals surface area contributed by atoms with Crippen molar-refractivity contribution in [2.45, 2.75) is 25.7 Å². The summed E-state index contributed by atoms with van der Waals surface area (Å²) in [5, 5.41) is 0. The van der Waals surface area contributed by atoms with E-state index in [1.165, 1.54) is 7.11 Å². The van der Waals surface area contributed by atoms with Crippen molar-refractivity contribution in [3.63, 3.8) is 0 Å². The van der Waals surface area contributed by atoms with Crippen molar-refractivity contribution in [2.24, 2.45) is 0 Å². The molecule has 2 nitrogen and oxygen atoms in total. The maximum absolute atomic E-state index is 10.6. The van der Waals surface area contributed by atoms with Gasteiger partial charge in [-0.3, -0.25) is 4.79 Å². The molecule has 4 heteroatoms. The van der Waals surface area contributed by atoms with Crippen LogP contribution in [0.15, 0.2) is 0 Å². The van der Waals surface area contributed by atoms with Gasteiger partial charge < -0.3 is 7.59 Å². The number of carbonyl (C=O) groups excluding carboxylic acids is 1. The summed E-state index contributed by atoms with van der Waals surface area (Å²) in [5.41, 5.74) is 0. The van der Waals surface area contributed by atoms with Crippen LogP contribution in [0.5, 0.6) is 0 Å². The van der Waals surface area contributed by atoms with Crippen molar-refractivity contribution >= 4 is 37.1 Å². The van der Waals surface area contributed by atoms with Gasteiger partial charge >= 0.3 is 29.0 Å². The van der Waals surface area contributed by atoms with E-state index in [-0.39, 0.29) is 31.9 Å². The molecule has 0 bridgehead atoms. The number of carbonyl (C=O) groups is 1. The molecule has 0 radical (unpaired) electrons. The van der Waals surface area contributed by atoms with Gasteiger partial charge in [-0.1, -0.05) is 19.6 Å². The van der Waals surface area contributed by atoms with Crippen molar-refractivity contribution in [3.05, 3.63) is 0 Å². The van der Waals surface area contributed by atoms with E-state index in [1.807, 2.05) is 0 Å². The van der Waals surface area contributed by atoms with E-state index >= 15 is 0 Å². The van der Waals surface area contributed by atoms with Crippen molar-refractivity contribution in [1.29, 1.82) is 0 Å². The van der Waals surface area contributed by atoms with Crippen LogP contribution in [0.1, 0.15) is 2.85 Å². The van der Waals surface area contributed by atoms with Crippen LogP contribution in [0.2, 0.25) is 25.7 Å². The van der Waals surface area contributed by atoms with Gasteiger partial charge in [0.05, 0.1) is 15.2 Å². The third-order valence-electron chi connectivity index (χ3n) is 0.902. The second kappa shape index (κ2) is 5.15. The van der Waals surface area contributed by atoms with Crippen LogP contribution in [-0.4, -0.2) is 44.2 Å². The number of rotatable bonds is 2. The van der Waals surface area contributed by atoms with Gasteiger partial charge in [0, 0.05) is 6.04 Å². The van der Waals surface area contributed by atoms with E-state index in [2.05, 4.69) is 24.4 Å². The molecular weight excluding hydrogens is 156 g/mol. The average molecular weight is 173 g/mol. The Bertz CT molecular complexity index is 117. The second-order valence-electron chi connectivity index (χ2n) is 3.31. The van der Waals surface area contributed by atoms with Crippen molar-refractivity contribution in [2.75, 3.05) is 7.11 Å². The molecule has 0 saturated carbocycles. The van der Waals surface area contributed by atoms with Gasteiger partial charge in [-0.25, -0.2) is 0 Å². The van der Waals surface area contributed by atoms with Crippen LogP contribution in [0.25, 0.3) is 0 Å². The summed E-state index contributed by atoms with van der Waals surface area (Å²) in [6.07, 6.45) is 0. The Morgan fingerprint density at radius 3 is 2.00 bits per heavy atom. The van der Waals surface area contributed by atoms with Gasteiger partial charge in [0.2, 0.25) is 0 Å². The maximum Gasteiger partial charge on any atom is 2.00 e. The molecule has 58 valence electrons. The summed E-state index contributed by atoms with van der Waals surface area (Å²) >= 11 is 0. The SMILES string of the molecule is COC(=O)C[Si](C)(C)C.[H-].[H-].[Mg+2]. The van der Waals surface area contributed by atoms with Gasteiger partial charge in [0.1, 0.15) is 0 Å². The molecule has 0 saturated heterocycles. The molecule has 0 rings (SSSR count). The molecule has 0 aromatic heterocycles. The van der Waals surface area contributed by atoms with Crippen molar-refractivity contribution in [3.8, 4) is 0 Å². The summed E-state index contributed by atoms with van der Waals surface area (Å²) in [7, 11) is 0.217. The first-order chi connectivity index (χ1) is 3.95.